The van der Waals surface area contributed by atoms with Gasteiger partial charge in [-0.05, 0) is 38.8 Å². The molecule has 0 aliphatic heterocycles. The van der Waals surface area contributed by atoms with Gasteiger partial charge in [-0.15, -0.1) is 12.4 Å². The van der Waals surface area contributed by atoms with Crippen LogP contribution in [-0.4, -0.2) is 18.1 Å². The molecule has 0 aliphatic rings. The van der Waals surface area contributed by atoms with Crippen molar-refractivity contribution in [1.29, 1.82) is 0 Å². The van der Waals surface area contributed by atoms with E-state index in [1.54, 1.807) is 13.8 Å². The van der Waals surface area contributed by atoms with Crippen molar-refractivity contribution in [3.8, 4) is 5.75 Å². The van der Waals surface area contributed by atoms with Crippen LogP contribution in [0.5, 0.6) is 5.75 Å². The van der Waals surface area contributed by atoms with Crippen LogP contribution in [0.15, 0.2) is 18.2 Å². The first-order chi connectivity index (χ1) is 9.84. The van der Waals surface area contributed by atoms with Gasteiger partial charge < -0.3 is 15.8 Å². The summed E-state index contributed by atoms with van der Waals surface area (Å²) >= 11 is 0. The number of nitrogens with two attached hydrogens (primary N) is 1. The largest absolute Gasteiger partial charge is 0.493 e. The van der Waals surface area contributed by atoms with Crippen LogP contribution in [0.3, 0.4) is 0 Å². The highest BCUT2D eigenvalue weighted by Crippen LogP contribution is 2.21. The summed E-state index contributed by atoms with van der Waals surface area (Å²) in [5.74, 6) is 0.682. The molecule has 1 aromatic rings. The molecule has 0 saturated carbocycles. The highest BCUT2D eigenvalue weighted by molar-refractivity contribution is 5.85. The van der Waals surface area contributed by atoms with Gasteiger partial charge in [-0.2, -0.15) is 0 Å². The number of hydrogen-bond donors (Lipinski definition) is 2. The van der Waals surface area contributed by atoms with E-state index in [-0.39, 0.29) is 18.3 Å². The number of unbranched alkanes of at least 4 members (excludes halogenated alkanes) is 2. The van der Waals surface area contributed by atoms with E-state index in [4.69, 9.17) is 10.5 Å². The van der Waals surface area contributed by atoms with Gasteiger partial charge in [0.15, 0.2) is 0 Å². The second-order valence-corrected chi connectivity index (χ2v) is 6.07. The molecule has 0 heterocycles. The highest BCUT2D eigenvalue weighted by Gasteiger charge is 2.21. The molecule has 0 radical (unpaired) electrons. The predicted octanol–water partition coefficient (Wildman–Crippen LogP) is 3.34. The highest BCUT2D eigenvalue weighted by atomic mass is 35.5. The molecule has 0 aromatic heterocycles. The Kier molecular flexibility index (Phi) is 9.14. The van der Waals surface area contributed by atoms with Crippen molar-refractivity contribution < 1.29 is 9.53 Å². The lowest BCUT2D eigenvalue weighted by atomic mass is 10.1. The number of benzene rings is 1. The number of hydrogen-bond acceptors (Lipinski definition) is 3. The molecular formula is C17H29ClN2O2. The zero-order valence-corrected chi connectivity index (χ0v) is 14.9. The van der Waals surface area contributed by atoms with Crippen LogP contribution in [-0.2, 0) is 11.3 Å². The van der Waals surface area contributed by atoms with Crippen LogP contribution in [0.2, 0.25) is 0 Å². The minimum Gasteiger partial charge on any atom is -0.493 e. The monoisotopic (exact) mass is 328 g/mol. The third-order valence-corrected chi connectivity index (χ3v) is 3.25. The summed E-state index contributed by atoms with van der Waals surface area (Å²) in [5, 5.41) is 2.86. The average molecular weight is 329 g/mol. The lowest BCUT2D eigenvalue weighted by Crippen LogP contribution is -2.48. The van der Waals surface area contributed by atoms with E-state index >= 15 is 0 Å². The van der Waals surface area contributed by atoms with E-state index in [0.717, 1.165) is 23.3 Å². The Morgan fingerprint density at radius 1 is 1.32 bits per heavy atom. The Balaban J connectivity index is 0.00000441. The molecule has 0 aliphatic carbocycles. The molecule has 5 heteroatoms. The fourth-order valence-corrected chi connectivity index (χ4v) is 1.88. The SMILES string of the molecule is CCCCCOc1cc(C)ccc1CNC(=O)C(C)(C)N.Cl. The van der Waals surface area contributed by atoms with Crippen molar-refractivity contribution in [3.63, 3.8) is 0 Å². The third kappa shape index (κ3) is 7.14. The van der Waals surface area contributed by atoms with Crippen LogP contribution < -0.4 is 15.8 Å². The topological polar surface area (TPSA) is 64.3 Å². The third-order valence-electron chi connectivity index (χ3n) is 3.25. The van der Waals surface area contributed by atoms with Gasteiger partial charge in [0.25, 0.3) is 0 Å². The molecule has 4 nitrogen and oxygen atoms in total. The van der Waals surface area contributed by atoms with Gasteiger partial charge in [-0.3, -0.25) is 4.79 Å². The molecule has 0 spiro atoms. The lowest BCUT2D eigenvalue weighted by molar-refractivity contribution is -0.125. The fourth-order valence-electron chi connectivity index (χ4n) is 1.88. The number of rotatable bonds is 8. The van der Waals surface area contributed by atoms with Crippen molar-refractivity contribution in [3.05, 3.63) is 29.3 Å². The maximum Gasteiger partial charge on any atom is 0.239 e. The summed E-state index contributed by atoms with van der Waals surface area (Å²) in [5.41, 5.74) is 7.04. The molecule has 0 atom stereocenters. The fraction of sp³-hybridized carbons (Fsp3) is 0.588. The van der Waals surface area contributed by atoms with Gasteiger partial charge in [0.05, 0.1) is 12.1 Å². The van der Waals surface area contributed by atoms with Gasteiger partial charge in [0, 0.05) is 12.1 Å². The summed E-state index contributed by atoms with van der Waals surface area (Å²) in [6.07, 6.45) is 3.39. The number of aryl methyl sites for hydroxylation is 1. The summed E-state index contributed by atoms with van der Waals surface area (Å²) in [7, 11) is 0. The molecule has 1 rings (SSSR count). The smallest absolute Gasteiger partial charge is 0.239 e. The minimum atomic E-state index is -0.868. The molecule has 1 aromatic carbocycles. The van der Waals surface area contributed by atoms with E-state index < -0.39 is 5.54 Å². The maximum absolute atomic E-state index is 11.8. The predicted molar refractivity (Wildman–Crippen MR) is 93.6 cm³/mol. The van der Waals surface area contributed by atoms with E-state index in [1.807, 2.05) is 25.1 Å². The second kappa shape index (κ2) is 9.70. The zero-order chi connectivity index (χ0) is 15.9. The van der Waals surface area contributed by atoms with E-state index in [0.29, 0.717) is 13.2 Å². The molecule has 0 fully saturated rings. The molecule has 0 unspecified atom stereocenters. The average Bonchev–Trinajstić information content (AvgIpc) is 2.41. The number of ether oxygens (including phenoxy) is 1. The minimum absolute atomic E-state index is 0. The number of carbonyl (C=O) groups excluding carboxylic acids is 1. The van der Waals surface area contributed by atoms with Gasteiger partial charge in [0.2, 0.25) is 5.91 Å². The molecule has 3 N–H and O–H groups in total. The Bertz CT molecular complexity index is 470. The Morgan fingerprint density at radius 3 is 2.59 bits per heavy atom. The normalized spacial score (nSPS) is 10.8. The molecule has 0 bridgehead atoms. The molecule has 126 valence electrons. The Hall–Kier alpha value is -1.26. The van der Waals surface area contributed by atoms with Crippen LogP contribution >= 0.6 is 12.4 Å². The molecule has 22 heavy (non-hydrogen) atoms. The van der Waals surface area contributed by atoms with E-state index in [1.165, 1.54) is 12.8 Å². The van der Waals surface area contributed by atoms with Gasteiger partial charge >= 0.3 is 0 Å². The number of nitrogens with one attached hydrogen (secondary N) is 1. The Labute approximate surface area is 140 Å². The lowest BCUT2D eigenvalue weighted by Gasteiger charge is -2.19. The summed E-state index contributed by atoms with van der Waals surface area (Å²) in [6.45, 7) is 8.73. The van der Waals surface area contributed by atoms with Crippen molar-refractivity contribution in [2.24, 2.45) is 5.73 Å². The van der Waals surface area contributed by atoms with Crippen molar-refractivity contribution in [2.45, 2.75) is 59.0 Å². The number of carbonyl (C=O) groups is 1. The van der Waals surface area contributed by atoms with Gasteiger partial charge in [-0.1, -0.05) is 31.9 Å². The van der Waals surface area contributed by atoms with E-state index in [9.17, 15) is 4.79 Å². The van der Waals surface area contributed by atoms with Crippen molar-refractivity contribution >= 4 is 18.3 Å². The van der Waals surface area contributed by atoms with Crippen LogP contribution in [0.4, 0.5) is 0 Å². The van der Waals surface area contributed by atoms with E-state index in [2.05, 4.69) is 12.2 Å². The number of halogens is 1. The number of amides is 1. The standard InChI is InChI=1S/C17H28N2O2.ClH/c1-5-6-7-10-21-15-11-13(2)8-9-14(15)12-19-16(20)17(3,4)18;/h8-9,11H,5-7,10,12,18H2,1-4H3,(H,19,20);1H. The van der Waals surface area contributed by atoms with Crippen molar-refractivity contribution in [2.75, 3.05) is 6.61 Å². The zero-order valence-electron chi connectivity index (χ0n) is 14.1. The van der Waals surface area contributed by atoms with Crippen LogP contribution in [0.1, 0.15) is 51.2 Å². The van der Waals surface area contributed by atoms with Gasteiger partial charge in [0.1, 0.15) is 5.75 Å². The summed E-state index contributed by atoms with van der Waals surface area (Å²) in [6, 6.07) is 6.03. The van der Waals surface area contributed by atoms with Gasteiger partial charge in [-0.25, -0.2) is 0 Å². The van der Waals surface area contributed by atoms with Crippen molar-refractivity contribution in [1.82, 2.24) is 5.32 Å². The maximum atomic E-state index is 11.8. The first-order valence-corrected chi connectivity index (χ1v) is 7.64. The summed E-state index contributed by atoms with van der Waals surface area (Å²) in [4.78, 5) is 11.8. The quantitative estimate of drug-likeness (QED) is 0.719. The van der Waals surface area contributed by atoms with Crippen LogP contribution in [0.25, 0.3) is 0 Å². The second-order valence-electron chi connectivity index (χ2n) is 6.07. The van der Waals surface area contributed by atoms with Crippen LogP contribution in [0, 0.1) is 6.92 Å². The first kappa shape index (κ1) is 20.7. The Morgan fingerprint density at radius 2 is 2.00 bits per heavy atom. The molecule has 1 amide bonds. The summed E-state index contributed by atoms with van der Waals surface area (Å²) < 4.78 is 5.86. The molecule has 0 saturated heterocycles. The molecular weight excluding hydrogens is 300 g/mol. The first-order valence-electron chi connectivity index (χ1n) is 7.64.